The van der Waals surface area contributed by atoms with Gasteiger partial charge in [-0.15, -0.1) is 11.6 Å². The number of Topliss-reactive ketones (excluding diaryl/α,β-unsaturated/α-hetero) is 1. The van der Waals surface area contributed by atoms with E-state index in [0.29, 0.717) is 30.0 Å². The molecule has 0 radical (unpaired) electrons. The van der Waals surface area contributed by atoms with Crippen LogP contribution in [0.4, 0.5) is 0 Å². The molecule has 3 aliphatic rings. The molecule has 1 aromatic carbocycles. The van der Waals surface area contributed by atoms with Gasteiger partial charge in [-0.1, -0.05) is 36.4 Å². The van der Waals surface area contributed by atoms with Gasteiger partial charge in [-0.2, -0.15) is 0 Å². The Morgan fingerprint density at radius 1 is 1.11 bits per heavy atom. The second-order valence-electron chi connectivity index (χ2n) is 5.80. The molecule has 0 N–H and O–H groups in total. The number of hydrogen-bond donors (Lipinski definition) is 0. The van der Waals surface area contributed by atoms with E-state index in [1.54, 1.807) is 0 Å². The SMILES string of the molecule is O=C1CC2C(Cl)C3CC2C1C=C3c1ccccc1. The molecule has 5 atom stereocenters. The van der Waals surface area contributed by atoms with E-state index < -0.39 is 0 Å². The average Bonchev–Trinajstić information content (AvgIpc) is 2.86. The molecule has 1 aromatic rings. The third-order valence-corrected chi connectivity index (χ3v) is 5.63. The van der Waals surface area contributed by atoms with Gasteiger partial charge in [0, 0.05) is 23.6 Å². The van der Waals surface area contributed by atoms with Crippen molar-refractivity contribution in [2.24, 2.45) is 23.7 Å². The number of fused-ring (bicyclic) bond motifs is 1. The molecule has 5 unspecified atom stereocenters. The number of allylic oxidation sites excluding steroid dienone is 2. The average molecular weight is 259 g/mol. The number of carbonyl (C=O) groups excluding carboxylic acids is 1. The largest absolute Gasteiger partial charge is 0.299 e. The van der Waals surface area contributed by atoms with Gasteiger partial charge in [-0.3, -0.25) is 4.79 Å². The molecule has 2 saturated carbocycles. The number of halogens is 1. The summed E-state index contributed by atoms with van der Waals surface area (Å²) in [7, 11) is 0. The predicted molar refractivity (Wildman–Crippen MR) is 72.3 cm³/mol. The van der Waals surface area contributed by atoms with E-state index in [1.807, 2.05) is 6.07 Å². The van der Waals surface area contributed by atoms with Gasteiger partial charge in [-0.05, 0) is 29.4 Å². The van der Waals surface area contributed by atoms with Gasteiger partial charge in [0.15, 0.2) is 0 Å². The highest BCUT2D eigenvalue weighted by molar-refractivity contribution is 6.22. The fraction of sp³-hybridized carbons (Fsp3) is 0.438. The van der Waals surface area contributed by atoms with Gasteiger partial charge in [0.1, 0.15) is 5.78 Å². The van der Waals surface area contributed by atoms with E-state index in [2.05, 4.69) is 30.3 Å². The first kappa shape index (κ1) is 10.8. The first-order chi connectivity index (χ1) is 8.75. The smallest absolute Gasteiger partial charge is 0.140 e. The Morgan fingerprint density at radius 3 is 2.67 bits per heavy atom. The Morgan fingerprint density at radius 2 is 1.89 bits per heavy atom. The lowest BCUT2D eigenvalue weighted by Crippen LogP contribution is -2.21. The molecule has 0 aromatic heterocycles. The van der Waals surface area contributed by atoms with Gasteiger partial charge >= 0.3 is 0 Å². The normalized spacial score (nSPS) is 41.1. The third-order valence-electron chi connectivity index (χ3n) is 5.01. The van der Waals surface area contributed by atoms with E-state index >= 15 is 0 Å². The minimum Gasteiger partial charge on any atom is -0.299 e. The molecule has 4 rings (SSSR count). The molecule has 2 heteroatoms. The summed E-state index contributed by atoms with van der Waals surface area (Å²) in [5.74, 6) is 1.95. The molecule has 1 nitrogen and oxygen atoms in total. The van der Waals surface area contributed by atoms with Crippen molar-refractivity contribution in [2.45, 2.75) is 18.2 Å². The summed E-state index contributed by atoms with van der Waals surface area (Å²) in [6.45, 7) is 0. The van der Waals surface area contributed by atoms with Crippen LogP contribution in [0.15, 0.2) is 36.4 Å². The lowest BCUT2D eigenvalue weighted by atomic mass is 9.79. The second kappa shape index (κ2) is 3.71. The van der Waals surface area contributed by atoms with Gasteiger partial charge in [-0.25, -0.2) is 0 Å². The lowest BCUT2D eigenvalue weighted by molar-refractivity contribution is -0.120. The first-order valence-electron chi connectivity index (χ1n) is 6.69. The van der Waals surface area contributed by atoms with Crippen LogP contribution >= 0.6 is 11.6 Å². The van der Waals surface area contributed by atoms with Crippen LogP contribution in [0.5, 0.6) is 0 Å². The molecule has 0 amide bonds. The summed E-state index contributed by atoms with van der Waals surface area (Å²) < 4.78 is 0. The number of alkyl halides is 1. The summed E-state index contributed by atoms with van der Waals surface area (Å²) >= 11 is 6.62. The van der Waals surface area contributed by atoms with Crippen molar-refractivity contribution in [1.29, 1.82) is 0 Å². The number of ketones is 1. The Hall–Kier alpha value is -1.08. The van der Waals surface area contributed by atoms with Crippen molar-refractivity contribution < 1.29 is 4.79 Å². The Balaban J connectivity index is 1.83. The number of benzene rings is 1. The van der Waals surface area contributed by atoms with Crippen LogP contribution in [0.3, 0.4) is 0 Å². The van der Waals surface area contributed by atoms with Crippen LogP contribution in [0.1, 0.15) is 18.4 Å². The van der Waals surface area contributed by atoms with Crippen molar-refractivity contribution in [3.05, 3.63) is 42.0 Å². The van der Waals surface area contributed by atoms with Gasteiger partial charge < -0.3 is 0 Å². The van der Waals surface area contributed by atoms with E-state index in [0.717, 1.165) is 6.42 Å². The highest BCUT2D eigenvalue weighted by Gasteiger charge is 2.55. The van der Waals surface area contributed by atoms with E-state index in [1.165, 1.54) is 11.1 Å². The van der Waals surface area contributed by atoms with Gasteiger partial charge in [0.2, 0.25) is 0 Å². The molecule has 18 heavy (non-hydrogen) atoms. The van der Waals surface area contributed by atoms with E-state index in [-0.39, 0.29) is 11.3 Å². The molecule has 92 valence electrons. The zero-order valence-electron chi connectivity index (χ0n) is 10.1. The predicted octanol–water partition coefficient (Wildman–Crippen LogP) is 3.53. The standard InChI is InChI=1S/C16H15ClO/c17-16-13-7-11-12(15(18)8-14(11)16)6-10(13)9-4-2-1-3-5-9/h1-6,11-14,16H,7-8H2. The molecule has 3 aliphatic carbocycles. The van der Waals surface area contributed by atoms with Crippen LogP contribution in [-0.2, 0) is 4.79 Å². The molecule has 0 spiro atoms. The molecule has 2 bridgehead atoms. The monoisotopic (exact) mass is 258 g/mol. The van der Waals surface area contributed by atoms with Crippen molar-refractivity contribution in [2.75, 3.05) is 0 Å². The lowest BCUT2D eigenvalue weighted by Gasteiger charge is -2.26. The van der Waals surface area contributed by atoms with Crippen molar-refractivity contribution >= 4 is 23.0 Å². The minimum atomic E-state index is 0.144. The molecule has 0 aliphatic heterocycles. The zero-order chi connectivity index (χ0) is 12.3. The van der Waals surface area contributed by atoms with Crippen molar-refractivity contribution in [3.63, 3.8) is 0 Å². The molecule has 0 saturated heterocycles. The quantitative estimate of drug-likeness (QED) is 0.705. The van der Waals surface area contributed by atoms with Crippen LogP contribution in [0, 0.1) is 23.7 Å². The number of carbonyl (C=O) groups is 1. The minimum absolute atomic E-state index is 0.144. The summed E-state index contributed by atoms with van der Waals surface area (Å²) in [4.78, 5) is 12.1. The van der Waals surface area contributed by atoms with Crippen molar-refractivity contribution in [3.8, 4) is 0 Å². The fourth-order valence-corrected chi connectivity index (χ4v) is 4.70. The maximum atomic E-state index is 12.1. The van der Waals surface area contributed by atoms with E-state index in [9.17, 15) is 4.79 Å². The Bertz CT molecular complexity index is 533. The highest BCUT2D eigenvalue weighted by atomic mass is 35.5. The van der Waals surface area contributed by atoms with E-state index in [4.69, 9.17) is 11.6 Å². The van der Waals surface area contributed by atoms with Crippen LogP contribution in [0.25, 0.3) is 5.57 Å². The number of rotatable bonds is 1. The van der Waals surface area contributed by atoms with Crippen LogP contribution in [0.2, 0.25) is 0 Å². The third kappa shape index (κ3) is 1.31. The topological polar surface area (TPSA) is 17.1 Å². The maximum absolute atomic E-state index is 12.1. The van der Waals surface area contributed by atoms with Crippen molar-refractivity contribution in [1.82, 2.24) is 0 Å². The molecular weight excluding hydrogens is 244 g/mol. The summed E-state index contributed by atoms with van der Waals surface area (Å²) in [5, 5.41) is 0.151. The maximum Gasteiger partial charge on any atom is 0.140 e. The molecule has 0 heterocycles. The Labute approximate surface area is 112 Å². The second-order valence-corrected chi connectivity index (χ2v) is 6.30. The summed E-state index contributed by atoms with van der Waals surface area (Å²) in [6, 6.07) is 10.4. The van der Waals surface area contributed by atoms with Gasteiger partial charge in [0.25, 0.3) is 0 Å². The summed E-state index contributed by atoms with van der Waals surface area (Å²) in [5.41, 5.74) is 2.55. The van der Waals surface area contributed by atoms with Crippen LogP contribution in [-0.4, -0.2) is 11.2 Å². The summed E-state index contributed by atoms with van der Waals surface area (Å²) in [6.07, 6.45) is 4.04. The molecule has 2 fully saturated rings. The number of hydrogen-bond acceptors (Lipinski definition) is 1. The fourth-order valence-electron chi connectivity index (χ4n) is 4.19. The van der Waals surface area contributed by atoms with Gasteiger partial charge in [0.05, 0.1) is 0 Å². The van der Waals surface area contributed by atoms with Crippen LogP contribution < -0.4 is 0 Å². The molecular formula is C16H15ClO. The first-order valence-corrected chi connectivity index (χ1v) is 7.13. The zero-order valence-corrected chi connectivity index (χ0v) is 10.8. The Kier molecular flexibility index (Phi) is 2.23. The highest BCUT2D eigenvalue weighted by Crippen LogP contribution is 2.58.